The molecule has 36 heavy (non-hydrogen) atoms. The van der Waals surface area contributed by atoms with Gasteiger partial charge in [-0.05, 0) is 84.0 Å². The second kappa shape index (κ2) is 12.4. The first kappa shape index (κ1) is 25.6. The average molecular weight is 479 g/mol. The van der Waals surface area contributed by atoms with Crippen LogP contribution < -0.4 is 0 Å². The van der Waals surface area contributed by atoms with Crippen molar-refractivity contribution < 1.29 is 10.2 Å². The number of benzene rings is 4. The average Bonchev–Trinajstić information content (AvgIpc) is 2.91. The first-order valence-electron chi connectivity index (χ1n) is 13.4. The molecule has 0 aliphatic heterocycles. The van der Waals surface area contributed by atoms with Gasteiger partial charge >= 0.3 is 0 Å². The first-order chi connectivity index (χ1) is 17.6. The van der Waals surface area contributed by atoms with Crippen molar-refractivity contribution in [2.45, 2.75) is 65.2 Å². The highest BCUT2D eigenvalue weighted by Crippen LogP contribution is 2.36. The summed E-state index contributed by atoms with van der Waals surface area (Å²) in [5.41, 5.74) is 8.67. The van der Waals surface area contributed by atoms with E-state index in [0.717, 1.165) is 84.7 Å². The van der Waals surface area contributed by atoms with Crippen molar-refractivity contribution in [1.82, 2.24) is 0 Å². The third kappa shape index (κ3) is 6.18. The fourth-order valence-electron chi connectivity index (χ4n) is 5.06. The summed E-state index contributed by atoms with van der Waals surface area (Å²) < 4.78 is 0. The molecule has 0 amide bonds. The summed E-state index contributed by atoms with van der Waals surface area (Å²) in [7, 11) is 0. The SMILES string of the molecule is CCCc1cc(CCCCc2cc(CCC)c(O)c(-c3ccccc3)c2)cc(-c2ccccc2)c1O. The van der Waals surface area contributed by atoms with Crippen LogP contribution in [-0.4, -0.2) is 10.2 Å². The van der Waals surface area contributed by atoms with Crippen LogP contribution in [0.15, 0.2) is 84.9 Å². The Morgan fingerprint density at radius 2 is 0.889 bits per heavy atom. The van der Waals surface area contributed by atoms with Crippen LogP contribution >= 0.6 is 0 Å². The summed E-state index contributed by atoms with van der Waals surface area (Å²) in [4.78, 5) is 0. The van der Waals surface area contributed by atoms with E-state index in [1.165, 1.54) is 11.1 Å². The van der Waals surface area contributed by atoms with Gasteiger partial charge in [-0.3, -0.25) is 0 Å². The summed E-state index contributed by atoms with van der Waals surface area (Å²) in [6, 6.07) is 29.1. The van der Waals surface area contributed by atoms with Gasteiger partial charge in [-0.1, -0.05) is 99.5 Å². The van der Waals surface area contributed by atoms with Crippen molar-refractivity contribution in [1.29, 1.82) is 0 Å². The van der Waals surface area contributed by atoms with Crippen molar-refractivity contribution in [2.24, 2.45) is 0 Å². The number of rotatable bonds is 11. The highest BCUT2D eigenvalue weighted by molar-refractivity contribution is 5.73. The Kier molecular flexibility index (Phi) is 8.84. The highest BCUT2D eigenvalue weighted by atomic mass is 16.3. The third-order valence-electron chi connectivity index (χ3n) is 6.89. The van der Waals surface area contributed by atoms with E-state index >= 15 is 0 Å². The van der Waals surface area contributed by atoms with E-state index < -0.39 is 0 Å². The molecule has 186 valence electrons. The Balaban J connectivity index is 1.49. The van der Waals surface area contributed by atoms with Gasteiger partial charge in [-0.15, -0.1) is 0 Å². The molecule has 4 aromatic rings. The van der Waals surface area contributed by atoms with Crippen molar-refractivity contribution in [3.05, 3.63) is 107 Å². The molecular weight excluding hydrogens is 440 g/mol. The van der Waals surface area contributed by atoms with Gasteiger partial charge in [0.2, 0.25) is 0 Å². The Morgan fingerprint density at radius 3 is 1.25 bits per heavy atom. The molecule has 4 rings (SSSR count). The Morgan fingerprint density at radius 1 is 0.500 bits per heavy atom. The van der Waals surface area contributed by atoms with Gasteiger partial charge < -0.3 is 10.2 Å². The number of unbranched alkanes of at least 4 members (excludes halogenated alkanes) is 1. The molecule has 2 heteroatoms. The van der Waals surface area contributed by atoms with Crippen LogP contribution in [0.25, 0.3) is 22.3 Å². The normalized spacial score (nSPS) is 11.1. The molecule has 0 unspecified atom stereocenters. The lowest BCUT2D eigenvalue weighted by Crippen LogP contribution is -1.96. The van der Waals surface area contributed by atoms with E-state index in [0.29, 0.717) is 11.5 Å². The lowest BCUT2D eigenvalue weighted by molar-refractivity contribution is 0.468. The van der Waals surface area contributed by atoms with E-state index in [2.05, 4.69) is 62.4 Å². The van der Waals surface area contributed by atoms with Crippen LogP contribution in [0.3, 0.4) is 0 Å². The van der Waals surface area contributed by atoms with E-state index in [1.807, 2.05) is 36.4 Å². The second-order valence-corrected chi connectivity index (χ2v) is 9.74. The summed E-state index contributed by atoms with van der Waals surface area (Å²) in [6.07, 6.45) is 7.92. The fourth-order valence-corrected chi connectivity index (χ4v) is 5.06. The highest BCUT2D eigenvalue weighted by Gasteiger charge is 2.13. The van der Waals surface area contributed by atoms with Crippen molar-refractivity contribution in [3.8, 4) is 33.8 Å². The van der Waals surface area contributed by atoms with Crippen molar-refractivity contribution in [3.63, 3.8) is 0 Å². The quantitative estimate of drug-likeness (QED) is 0.211. The van der Waals surface area contributed by atoms with Crippen LogP contribution in [-0.2, 0) is 25.7 Å². The fraction of sp³-hybridized carbons (Fsp3) is 0.294. The van der Waals surface area contributed by atoms with E-state index in [-0.39, 0.29) is 0 Å². The van der Waals surface area contributed by atoms with Crippen LogP contribution in [0, 0.1) is 0 Å². The van der Waals surface area contributed by atoms with E-state index in [4.69, 9.17) is 0 Å². The van der Waals surface area contributed by atoms with Crippen LogP contribution in [0.2, 0.25) is 0 Å². The van der Waals surface area contributed by atoms with Gasteiger partial charge in [0.1, 0.15) is 11.5 Å². The summed E-state index contributed by atoms with van der Waals surface area (Å²) in [5, 5.41) is 21.8. The molecule has 0 atom stereocenters. The minimum Gasteiger partial charge on any atom is -0.507 e. The predicted octanol–water partition coefficient (Wildman–Crippen LogP) is 8.90. The summed E-state index contributed by atoms with van der Waals surface area (Å²) in [6.45, 7) is 4.31. The van der Waals surface area contributed by atoms with Crippen LogP contribution in [0.5, 0.6) is 11.5 Å². The molecule has 0 aliphatic carbocycles. The Labute approximate surface area is 216 Å². The number of phenolic OH excluding ortho intramolecular Hbond substituents is 2. The topological polar surface area (TPSA) is 40.5 Å². The maximum atomic E-state index is 10.9. The van der Waals surface area contributed by atoms with Gasteiger partial charge in [-0.2, -0.15) is 0 Å². The van der Waals surface area contributed by atoms with E-state index in [9.17, 15) is 10.2 Å². The van der Waals surface area contributed by atoms with Gasteiger partial charge in [0.25, 0.3) is 0 Å². The van der Waals surface area contributed by atoms with Crippen LogP contribution in [0.4, 0.5) is 0 Å². The van der Waals surface area contributed by atoms with Crippen LogP contribution in [0.1, 0.15) is 61.8 Å². The molecule has 0 radical (unpaired) electrons. The molecular formula is C34H38O2. The molecule has 0 saturated carbocycles. The largest absolute Gasteiger partial charge is 0.507 e. The molecule has 4 aromatic carbocycles. The van der Waals surface area contributed by atoms with Crippen molar-refractivity contribution in [2.75, 3.05) is 0 Å². The number of hydrogen-bond acceptors (Lipinski definition) is 2. The Bertz CT molecular complexity index is 1160. The van der Waals surface area contributed by atoms with Gasteiger partial charge in [-0.25, -0.2) is 0 Å². The van der Waals surface area contributed by atoms with Gasteiger partial charge in [0.05, 0.1) is 0 Å². The molecule has 2 N–H and O–H groups in total. The smallest absolute Gasteiger partial charge is 0.126 e. The second-order valence-electron chi connectivity index (χ2n) is 9.74. The molecule has 0 spiro atoms. The number of phenols is 2. The third-order valence-corrected chi connectivity index (χ3v) is 6.89. The molecule has 0 fully saturated rings. The lowest BCUT2D eigenvalue weighted by atomic mass is 9.92. The predicted molar refractivity (Wildman–Crippen MR) is 152 cm³/mol. The molecule has 0 aromatic heterocycles. The molecule has 2 nitrogen and oxygen atoms in total. The zero-order chi connectivity index (χ0) is 25.3. The maximum Gasteiger partial charge on any atom is 0.126 e. The van der Waals surface area contributed by atoms with E-state index in [1.54, 1.807) is 0 Å². The minimum atomic E-state index is 0.424. The summed E-state index contributed by atoms with van der Waals surface area (Å²) in [5.74, 6) is 0.848. The monoisotopic (exact) mass is 478 g/mol. The van der Waals surface area contributed by atoms with Gasteiger partial charge in [0.15, 0.2) is 0 Å². The van der Waals surface area contributed by atoms with Crippen molar-refractivity contribution >= 4 is 0 Å². The van der Waals surface area contributed by atoms with Gasteiger partial charge in [0, 0.05) is 11.1 Å². The molecule has 0 aliphatic rings. The first-order valence-corrected chi connectivity index (χ1v) is 13.4. The summed E-state index contributed by atoms with van der Waals surface area (Å²) >= 11 is 0. The zero-order valence-electron chi connectivity index (χ0n) is 21.6. The number of aryl methyl sites for hydroxylation is 4. The lowest BCUT2D eigenvalue weighted by Gasteiger charge is -2.14. The molecule has 0 saturated heterocycles. The maximum absolute atomic E-state index is 10.9. The standard InChI is InChI=1S/C34H38O2/c1-3-13-29-21-25(23-31(33(29)35)27-17-7-5-8-18-27)15-11-12-16-26-22-30(14-4-2)34(36)32(24-26)28-19-9-6-10-20-28/h5-10,17-24,35-36H,3-4,11-16H2,1-2H3. The Hall–Kier alpha value is -3.52. The molecule has 0 bridgehead atoms. The number of aromatic hydroxyl groups is 2. The zero-order valence-corrected chi connectivity index (χ0v) is 21.6. The molecule has 0 heterocycles. The number of hydrogen-bond donors (Lipinski definition) is 2. The minimum absolute atomic E-state index is 0.424.